The van der Waals surface area contributed by atoms with Gasteiger partial charge in [-0.2, -0.15) is 0 Å². The Kier molecular flexibility index (Phi) is 5.09. The Balaban J connectivity index is 2.07. The van der Waals surface area contributed by atoms with Gasteiger partial charge in [0.15, 0.2) is 5.03 Å². The second-order valence-corrected chi connectivity index (χ2v) is 7.91. The SMILES string of the molecule is CCc1nc(S(=O)(=O)Cl)cn1CCC1CCCCN1C. The summed E-state index contributed by atoms with van der Waals surface area (Å²) in [7, 11) is 3.78. The topological polar surface area (TPSA) is 55.2 Å². The van der Waals surface area contributed by atoms with Crippen LogP contribution in [0, 0.1) is 0 Å². The van der Waals surface area contributed by atoms with Crippen LogP contribution in [0.3, 0.4) is 0 Å². The number of nitrogens with zero attached hydrogens (tertiary/aromatic N) is 3. The number of halogens is 1. The third kappa shape index (κ3) is 3.74. The molecule has 20 heavy (non-hydrogen) atoms. The molecule has 0 saturated carbocycles. The van der Waals surface area contributed by atoms with E-state index in [1.54, 1.807) is 6.20 Å². The fourth-order valence-electron chi connectivity index (χ4n) is 2.82. The summed E-state index contributed by atoms with van der Waals surface area (Å²) in [4.78, 5) is 6.51. The number of aromatic nitrogens is 2. The van der Waals surface area contributed by atoms with E-state index in [2.05, 4.69) is 16.9 Å². The van der Waals surface area contributed by atoms with Crippen molar-refractivity contribution in [2.75, 3.05) is 13.6 Å². The summed E-state index contributed by atoms with van der Waals surface area (Å²) >= 11 is 0. The molecule has 0 aliphatic carbocycles. The predicted octanol–water partition coefficient (Wildman–Crippen LogP) is 2.25. The van der Waals surface area contributed by atoms with E-state index < -0.39 is 9.05 Å². The predicted molar refractivity (Wildman–Crippen MR) is 79.5 cm³/mol. The average Bonchev–Trinajstić information content (AvgIpc) is 2.81. The van der Waals surface area contributed by atoms with Crippen LogP contribution in [0.4, 0.5) is 0 Å². The van der Waals surface area contributed by atoms with Crippen molar-refractivity contribution in [1.82, 2.24) is 14.5 Å². The maximum absolute atomic E-state index is 11.4. The van der Waals surface area contributed by atoms with E-state index >= 15 is 0 Å². The van der Waals surface area contributed by atoms with Crippen molar-refractivity contribution in [3.63, 3.8) is 0 Å². The van der Waals surface area contributed by atoms with E-state index in [1.807, 2.05) is 11.5 Å². The van der Waals surface area contributed by atoms with Gasteiger partial charge in [-0.15, -0.1) is 0 Å². The van der Waals surface area contributed by atoms with Crippen molar-refractivity contribution < 1.29 is 8.42 Å². The molecule has 5 nitrogen and oxygen atoms in total. The minimum absolute atomic E-state index is 0.0342. The molecule has 0 aromatic carbocycles. The molecule has 0 radical (unpaired) electrons. The van der Waals surface area contributed by atoms with Gasteiger partial charge >= 0.3 is 0 Å². The van der Waals surface area contributed by atoms with Crippen molar-refractivity contribution in [2.45, 2.75) is 56.6 Å². The second kappa shape index (κ2) is 6.45. The Morgan fingerprint density at radius 3 is 2.80 bits per heavy atom. The molecule has 1 fully saturated rings. The molecule has 1 saturated heterocycles. The molecule has 7 heteroatoms. The molecule has 1 aromatic rings. The molecule has 0 amide bonds. The van der Waals surface area contributed by atoms with Crippen LogP contribution in [0.25, 0.3) is 0 Å². The van der Waals surface area contributed by atoms with Crippen molar-refractivity contribution in [1.29, 1.82) is 0 Å². The molecule has 0 bridgehead atoms. The van der Waals surface area contributed by atoms with Gasteiger partial charge in [0.1, 0.15) is 5.82 Å². The molecule has 1 unspecified atom stereocenters. The first-order chi connectivity index (χ1) is 9.41. The number of hydrogen-bond acceptors (Lipinski definition) is 4. The lowest BCUT2D eigenvalue weighted by Gasteiger charge is -2.32. The highest BCUT2D eigenvalue weighted by Gasteiger charge is 2.21. The molecule has 0 spiro atoms. The second-order valence-electron chi connectivity index (χ2n) is 5.40. The highest BCUT2D eigenvalue weighted by atomic mass is 35.7. The highest BCUT2D eigenvalue weighted by Crippen LogP contribution is 2.20. The summed E-state index contributed by atoms with van der Waals surface area (Å²) in [5, 5.41) is -0.0342. The van der Waals surface area contributed by atoms with Crippen molar-refractivity contribution in [3.05, 3.63) is 12.0 Å². The lowest BCUT2D eigenvalue weighted by Crippen LogP contribution is -2.36. The molecule has 1 aliphatic rings. The summed E-state index contributed by atoms with van der Waals surface area (Å²) in [6, 6.07) is 0.576. The summed E-state index contributed by atoms with van der Waals surface area (Å²) in [5.41, 5.74) is 0. The Hall–Kier alpha value is -0.590. The van der Waals surface area contributed by atoms with E-state index in [9.17, 15) is 8.42 Å². The molecule has 2 heterocycles. The number of rotatable bonds is 5. The zero-order chi connectivity index (χ0) is 14.8. The number of piperidine rings is 1. The molecular formula is C13H22ClN3O2S. The number of aryl methyl sites for hydroxylation is 2. The summed E-state index contributed by atoms with van der Waals surface area (Å²) in [6.45, 7) is 3.91. The molecule has 0 N–H and O–H groups in total. The first kappa shape index (κ1) is 15.8. The maximum Gasteiger partial charge on any atom is 0.280 e. The smallest absolute Gasteiger partial charge is 0.280 e. The Morgan fingerprint density at radius 2 is 2.20 bits per heavy atom. The number of hydrogen-bond donors (Lipinski definition) is 0. The van der Waals surface area contributed by atoms with Crippen LogP contribution in [0.1, 0.15) is 38.4 Å². The summed E-state index contributed by atoms with van der Waals surface area (Å²) in [6.07, 6.45) is 7.04. The van der Waals surface area contributed by atoms with Gasteiger partial charge < -0.3 is 9.47 Å². The zero-order valence-electron chi connectivity index (χ0n) is 12.0. The Bertz CT molecular complexity index is 556. The van der Waals surface area contributed by atoms with Crippen LogP contribution in [0.5, 0.6) is 0 Å². The standard InChI is InChI=1S/C13H22ClN3O2S/c1-3-12-15-13(20(14,18)19)10-17(12)9-7-11-6-4-5-8-16(11)2/h10-11H,3-9H2,1-2H3. The molecule has 1 aromatic heterocycles. The van der Waals surface area contributed by atoms with Gasteiger partial charge in [0.05, 0.1) is 0 Å². The quantitative estimate of drug-likeness (QED) is 0.781. The van der Waals surface area contributed by atoms with Crippen LogP contribution in [-0.2, 0) is 22.0 Å². The highest BCUT2D eigenvalue weighted by molar-refractivity contribution is 8.13. The lowest BCUT2D eigenvalue weighted by molar-refractivity contribution is 0.171. The van der Waals surface area contributed by atoms with Crippen molar-refractivity contribution >= 4 is 19.7 Å². The molecule has 114 valence electrons. The van der Waals surface area contributed by atoms with E-state index in [0.717, 1.165) is 25.3 Å². The first-order valence-electron chi connectivity index (χ1n) is 7.12. The van der Waals surface area contributed by atoms with Crippen molar-refractivity contribution in [3.8, 4) is 0 Å². The number of imidazole rings is 1. The number of likely N-dealkylation sites (tertiary alicyclic amines) is 1. The fraction of sp³-hybridized carbons (Fsp3) is 0.769. The van der Waals surface area contributed by atoms with Gasteiger partial charge in [-0.05, 0) is 32.9 Å². The Morgan fingerprint density at radius 1 is 1.45 bits per heavy atom. The van der Waals surface area contributed by atoms with Crippen molar-refractivity contribution in [2.24, 2.45) is 0 Å². The molecular weight excluding hydrogens is 298 g/mol. The van der Waals surface area contributed by atoms with Crippen LogP contribution in [0.2, 0.25) is 0 Å². The zero-order valence-corrected chi connectivity index (χ0v) is 13.6. The van der Waals surface area contributed by atoms with Gasteiger partial charge in [-0.1, -0.05) is 13.3 Å². The van der Waals surface area contributed by atoms with E-state index in [-0.39, 0.29) is 5.03 Å². The van der Waals surface area contributed by atoms with Gasteiger partial charge in [-0.3, -0.25) is 0 Å². The van der Waals surface area contributed by atoms with Gasteiger partial charge in [0.2, 0.25) is 0 Å². The van der Waals surface area contributed by atoms with E-state index in [0.29, 0.717) is 12.5 Å². The van der Waals surface area contributed by atoms with Gasteiger partial charge in [0, 0.05) is 35.9 Å². The average molecular weight is 320 g/mol. The minimum atomic E-state index is -3.74. The fourth-order valence-corrected chi connectivity index (χ4v) is 3.51. The van der Waals surface area contributed by atoms with E-state index in [1.165, 1.54) is 19.3 Å². The molecule has 2 rings (SSSR count). The normalized spacial score (nSPS) is 21.2. The molecule has 1 aliphatic heterocycles. The third-order valence-corrected chi connectivity index (χ3v) is 5.20. The molecule has 1 atom stereocenters. The van der Waals surface area contributed by atoms with E-state index in [4.69, 9.17) is 10.7 Å². The summed E-state index contributed by atoms with van der Waals surface area (Å²) < 4.78 is 24.6. The Labute approximate surface area is 125 Å². The van der Waals surface area contributed by atoms with Gasteiger partial charge in [0.25, 0.3) is 9.05 Å². The maximum atomic E-state index is 11.4. The van der Waals surface area contributed by atoms with Gasteiger partial charge in [-0.25, -0.2) is 13.4 Å². The first-order valence-corrected chi connectivity index (χ1v) is 9.43. The van der Waals surface area contributed by atoms with Crippen LogP contribution < -0.4 is 0 Å². The van der Waals surface area contributed by atoms with Crippen LogP contribution in [0.15, 0.2) is 11.2 Å². The van der Waals surface area contributed by atoms with Crippen LogP contribution in [-0.4, -0.2) is 42.5 Å². The summed E-state index contributed by atoms with van der Waals surface area (Å²) in [5.74, 6) is 0.780. The lowest BCUT2D eigenvalue weighted by atomic mass is 10.0. The monoisotopic (exact) mass is 319 g/mol. The largest absolute Gasteiger partial charge is 0.333 e. The minimum Gasteiger partial charge on any atom is -0.333 e. The third-order valence-electron chi connectivity index (χ3n) is 4.03. The van der Waals surface area contributed by atoms with Crippen LogP contribution >= 0.6 is 10.7 Å².